The normalized spacial score (nSPS) is 20.9. The summed E-state index contributed by atoms with van der Waals surface area (Å²) in [5, 5.41) is 26.6. The Labute approximate surface area is 206 Å². The highest BCUT2D eigenvalue weighted by atomic mass is 19.1. The maximum absolute atomic E-state index is 14.7. The number of piperidine rings is 1. The number of carbonyl (C=O) groups excluding carboxylic acids is 3. The highest BCUT2D eigenvalue weighted by molar-refractivity contribution is 6.06. The van der Waals surface area contributed by atoms with E-state index < -0.39 is 29.6 Å². The zero-order chi connectivity index (χ0) is 25.4. The molecule has 5 rings (SSSR count). The van der Waals surface area contributed by atoms with Crippen molar-refractivity contribution in [3.63, 3.8) is 0 Å². The van der Waals surface area contributed by atoms with Gasteiger partial charge in [-0.2, -0.15) is 0 Å². The molecule has 3 aliphatic heterocycles. The third-order valence-corrected chi connectivity index (χ3v) is 6.81. The molecule has 2 aromatic rings. The van der Waals surface area contributed by atoms with E-state index in [1.807, 2.05) is 0 Å². The van der Waals surface area contributed by atoms with E-state index in [2.05, 4.69) is 15.5 Å². The number of amides is 3. The molecule has 0 saturated carbocycles. The van der Waals surface area contributed by atoms with Gasteiger partial charge in [0.15, 0.2) is 0 Å². The van der Waals surface area contributed by atoms with Gasteiger partial charge in [0.2, 0.25) is 11.8 Å². The molecule has 0 aromatic heterocycles. The molecule has 11 heteroatoms. The van der Waals surface area contributed by atoms with Gasteiger partial charge in [0.1, 0.15) is 11.9 Å². The topological polar surface area (TPSA) is 131 Å². The Balaban J connectivity index is 1.38. The maximum atomic E-state index is 14.7. The molecule has 190 valence electrons. The van der Waals surface area contributed by atoms with Crippen LogP contribution in [0.3, 0.4) is 0 Å². The van der Waals surface area contributed by atoms with E-state index in [1.54, 1.807) is 24.3 Å². The third-order valence-electron chi connectivity index (χ3n) is 6.81. The Kier molecular flexibility index (Phi) is 6.47. The molecule has 0 spiro atoms. The maximum Gasteiger partial charge on any atom is 0.275 e. The Morgan fingerprint density at radius 2 is 1.92 bits per heavy atom. The van der Waals surface area contributed by atoms with Crippen LogP contribution in [0.25, 0.3) is 0 Å². The van der Waals surface area contributed by atoms with Crippen LogP contribution in [0.1, 0.15) is 39.9 Å². The van der Waals surface area contributed by atoms with Gasteiger partial charge in [0.05, 0.1) is 18.8 Å². The molecule has 10 nitrogen and oxygen atoms in total. The number of ether oxygens (including phenoxy) is 1. The molecule has 3 aliphatic rings. The van der Waals surface area contributed by atoms with Crippen LogP contribution in [0.4, 0.5) is 10.1 Å². The first kappa shape index (κ1) is 24.3. The van der Waals surface area contributed by atoms with Gasteiger partial charge in [-0.25, -0.2) is 4.39 Å². The number of nitrogens with zero attached hydrogens (tertiary/aromatic N) is 2. The molecule has 0 aliphatic carbocycles. The second kappa shape index (κ2) is 9.58. The molecule has 0 radical (unpaired) electrons. The summed E-state index contributed by atoms with van der Waals surface area (Å²) >= 11 is 0. The molecular weight excluding hydrogens is 471 g/mol. The molecule has 3 amide bonds. The van der Waals surface area contributed by atoms with Crippen molar-refractivity contribution in [1.82, 2.24) is 15.1 Å². The van der Waals surface area contributed by atoms with Gasteiger partial charge in [0.25, 0.3) is 11.8 Å². The van der Waals surface area contributed by atoms with Crippen LogP contribution in [0.2, 0.25) is 0 Å². The number of aliphatic hydroxyl groups is 2. The molecule has 36 heavy (non-hydrogen) atoms. The number of hydrogen-bond acceptors (Lipinski definition) is 8. The van der Waals surface area contributed by atoms with E-state index in [0.29, 0.717) is 36.4 Å². The Morgan fingerprint density at radius 3 is 2.67 bits per heavy atom. The number of rotatable bonds is 6. The average Bonchev–Trinajstić information content (AvgIpc) is 3.18. The summed E-state index contributed by atoms with van der Waals surface area (Å²) in [6.07, 6.45) is 0.330. The van der Waals surface area contributed by atoms with Crippen LogP contribution >= 0.6 is 0 Å². The summed E-state index contributed by atoms with van der Waals surface area (Å²) in [6.45, 7) is 3.19. The van der Waals surface area contributed by atoms with Crippen molar-refractivity contribution in [3.8, 4) is 0 Å². The van der Waals surface area contributed by atoms with Crippen molar-refractivity contribution >= 4 is 23.4 Å². The van der Waals surface area contributed by atoms with Gasteiger partial charge in [-0.1, -0.05) is 12.1 Å². The Bertz CT molecular complexity index is 1210. The monoisotopic (exact) mass is 498 g/mol. The number of nitrogens with one attached hydrogen (secondary N) is 2. The van der Waals surface area contributed by atoms with E-state index in [4.69, 9.17) is 4.74 Å². The molecule has 1 unspecified atom stereocenters. The first-order valence-electron chi connectivity index (χ1n) is 11.8. The fraction of sp³-hybridized carbons (Fsp3) is 0.400. The number of anilines is 1. The second-order valence-corrected chi connectivity index (χ2v) is 9.23. The Hall–Kier alpha value is -3.38. The number of carbonyl (C=O) groups is 3. The number of benzene rings is 2. The minimum Gasteiger partial charge on any atom is -0.379 e. The molecule has 1 atom stereocenters. The van der Waals surface area contributed by atoms with Crippen LogP contribution in [0.5, 0.6) is 0 Å². The predicted molar refractivity (Wildman–Crippen MR) is 125 cm³/mol. The summed E-state index contributed by atoms with van der Waals surface area (Å²) in [4.78, 5) is 40.3. The molecule has 2 fully saturated rings. The molecule has 2 aromatic carbocycles. The van der Waals surface area contributed by atoms with Crippen LogP contribution in [-0.2, 0) is 33.3 Å². The van der Waals surface area contributed by atoms with E-state index in [0.717, 1.165) is 13.1 Å². The summed E-state index contributed by atoms with van der Waals surface area (Å²) in [6, 6.07) is 8.08. The smallest absolute Gasteiger partial charge is 0.275 e. The summed E-state index contributed by atoms with van der Waals surface area (Å²) in [7, 11) is 0. The minimum absolute atomic E-state index is 0.0270. The van der Waals surface area contributed by atoms with Crippen LogP contribution in [-0.4, -0.2) is 70.1 Å². The summed E-state index contributed by atoms with van der Waals surface area (Å²) in [5.74, 6) is -4.90. The van der Waals surface area contributed by atoms with E-state index in [1.165, 1.54) is 17.0 Å². The average molecular weight is 499 g/mol. The van der Waals surface area contributed by atoms with Crippen molar-refractivity contribution in [3.05, 3.63) is 64.5 Å². The molecule has 4 N–H and O–H groups in total. The van der Waals surface area contributed by atoms with Crippen molar-refractivity contribution in [1.29, 1.82) is 0 Å². The molecule has 2 saturated heterocycles. The van der Waals surface area contributed by atoms with Crippen molar-refractivity contribution < 1.29 is 33.7 Å². The van der Waals surface area contributed by atoms with Gasteiger partial charge < -0.3 is 25.2 Å². The lowest BCUT2D eigenvalue weighted by Gasteiger charge is -2.30. The summed E-state index contributed by atoms with van der Waals surface area (Å²) < 4.78 is 20.1. The van der Waals surface area contributed by atoms with E-state index in [-0.39, 0.29) is 36.5 Å². The fourth-order valence-corrected chi connectivity index (χ4v) is 4.91. The highest BCUT2D eigenvalue weighted by Gasteiger charge is 2.41. The van der Waals surface area contributed by atoms with Gasteiger partial charge in [-0.15, -0.1) is 0 Å². The predicted octanol–water partition coefficient (Wildman–Crippen LogP) is 0.626. The van der Waals surface area contributed by atoms with Crippen molar-refractivity contribution in [2.24, 2.45) is 0 Å². The minimum atomic E-state index is -2.77. The van der Waals surface area contributed by atoms with Crippen LogP contribution in [0.15, 0.2) is 36.4 Å². The summed E-state index contributed by atoms with van der Waals surface area (Å²) in [5.41, 5.74) is 1.32. The largest absolute Gasteiger partial charge is 0.379 e. The molecule has 0 bridgehead atoms. The first-order valence-corrected chi connectivity index (χ1v) is 11.8. The van der Waals surface area contributed by atoms with Gasteiger partial charge >= 0.3 is 0 Å². The van der Waals surface area contributed by atoms with Gasteiger partial charge in [-0.3, -0.25) is 24.6 Å². The quantitative estimate of drug-likeness (QED) is 0.337. The van der Waals surface area contributed by atoms with Crippen molar-refractivity contribution in [2.75, 3.05) is 31.6 Å². The van der Waals surface area contributed by atoms with Crippen LogP contribution in [0, 0.1) is 5.82 Å². The van der Waals surface area contributed by atoms with Gasteiger partial charge in [-0.05, 0) is 36.2 Å². The van der Waals surface area contributed by atoms with Crippen molar-refractivity contribution in [2.45, 2.75) is 37.9 Å². The number of imide groups is 1. The lowest BCUT2D eigenvalue weighted by Crippen LogP contribution is -2.52. The first-order chi connectivity index (χ1) is 17.2. The SMILES string of the molecule is O=C1CCC(N2Cc3c(NC(O)(O)c4cc(CN5CCOCC5)ccc4F)cccc3C2=O)C(=O)N1. The molecule has 3 heterocycles. The standard InChI is InChI=1S/C25H27FN4O6/c26-19-5-4-15(13-29-8-10-36-11-9-29)12-18(19)25(34,35)28-20-3-1-2-16-17(20)14-30(24(16)33)21-6-7-22(31)27-23(21)32/h1-5,12,21,28,34-35H,6-11,13-14H2,(H,27,31,32). The van der Waals surface area contributed by atoms with E-state index >= 15 is 0 Å². The highest BCUT2D eigenvalue weighted by Crippen LogP contribution is 2.35. The van der Waals surface area contributed by atoms with Crippen LogP contribution < -0.4 is 10.6 Å². The van der Waals surface area contributed by atoms with E-state index in [9.17, 15) is 29.0 Å². The zero-order valence-corrected chi connectivity index (χ0v) is 19.5. The number of halogens is 1. The zero-order valence-electron chi connectivity index (χ0n) is 19.5. The second-order valence-electron chi connectivity index (χ2n) is 9.23. The number of morpholine rings is 1. The third kappa shape index (κ3) is 4.70. The Morgan fingerprint density at radius 1 is 1.14 bits per heavy atom. The molecular formula is C25H27FN4O6. The fourth-order valence-electron chi connectivity index (χ4n) is 4.91. The number of fused-ring (bicyclic) bond motifs is 1. The lowest BCUT2D eigenvalue weighted by molar-refractivity contribution is -0.146. The van der Waals surface area contributed by atoms with Gasteiger partial charge in [0, 0.05) is 49.4 Å². The lowest BCUT2D eigenvalue weighted by atomic mass is 10.0. The number of hydrogen-bond donors (Lipinski definition) is 4.